The van der Waals surface area contributed by atoms with Crippen LogP contribution in [0.25, 0.3) is 0 Å². The molecule has 0 spiro atoms. The molecule has 0 bridgehead atoms. The van der Waals surface area contributed by atoms with Crippen molar-refractivity contribution >= 4 is 6.47 Å². The number of nitrogens with zero attached hydrogens (tertiary/aromatic N) is 4. The molecule has 0 saturated carbocycles. The fourth-order valence-electron chi connectivity index (χ4n) is 1.84. The number of aromatic amines is 1. The second-order valence-corrected chi connectivity index (χ2v) is 4.66. The Morgan fingerprint density at radius 2 is 1.90 bits per heavy atom. The largest absolute Gasteiger partial charge is 0.483 e. The molecule has 2 rings (SSSR count). The summed E-state index contributed by atoms with van der Waals surface area (Å²) in [5, 5.41) is 13.9. The average molecular weight is 291 g/mol. The Morgan fingerprint density at radius 1 is 1.29 bits per heavy atom. The fraction of sp³-hybridized carbons (Fsp3) is 0.429. The van der Waals surface area contributed by atoms with Crippen molar-refractivity contribution in [1.82, 2.24) is 25.1 Å². The molecule has 2 N–H and O–H groups in total. The summed E-state index contributed by atoms with van der Waals surface area (Å²) in [7, 11) is 2.08. The molecule has 7 heteroatoms. The monoisotopic (exact) mass is 291 g/mol. The molecule has 0 atom stereocenters. The van der Waals surface area contributed by atoms with Gasteiger partial charge in [0.15, 0.2) is 0 Å². The number of hydrogen-bond acceptors (Lipinski definition) is 5. The number of aryl methyl sites for hydroxylation is 2. The Bertz CT molecular complexity index is 539. The highest BCUT2D eigenvalue weighted by atomic mass is 16.3. The van der Waals surface area contributed by atoms with Crippen LogP contribution in [0.5, 0.6) is 0 Å². The summed E-state index contributed by atoms with van der Waals surface area (Å²) in [5.74, 6) is 0.895. The Kier molecular flexibility index (Phi) is 7.03. The lowest BCUT2D eigenvalue weighted by molar-refractivity contribution is -0.122. The molecule has 0 radical (unpaired) electrons. The van der Waals surface area contributed by atoms with Gasteiger partial charge in [0, 0.05) is 48.7 Å². The third-order valence-electron chi connectivity index (χ3n) is 2.90. The number of rotatable bonds is 5. The van der Waals surface area contributed by atoms with Gasteiger partial charge in [-0.25, -0.2) is 9.97 Å². The van der Waals surface area contributed by atoms with Gasteiger partial charge in [0.05, 0.1) is 6.20 Å². The molecule has 114 valence electrons. The predicted molar refractivity (Wildman–Crippen MR) is 78.6 cm³/mol. The Labute approximate surface area is 124 Å². The standard InChI is InChI=1S/C13H19N5.CH2O2/c1-4-13-14-5-11(6-15-13)8-18(3)9-12-7-16-17-10(12)2;2-1-3/h5-7H,4,8-9H2,1-3H3,(H,16,17);1H,(H,2,3). The highest BCUT2D eigenvalue weighted by Gasteiger charge is 2.06. The highest BCUT2D eigenvalue weighted by Crippen LogP contribution is 2.08. The normalized spacial score (nSPS) is 10.1. The molecule has 2 heterocycles. The number of H-pyrrole nitrogens is 1. The van der Waals surface area contributed by atoms with Gasteiger partial charge >= 0.3 is 0 Å². The molecule has 2 aromatic rings. The molecule has 21 heavy (non-hydrogen) atoms. The SMILES string of the molecule is CCc1ncc(CN(C)Cc2cn[nH]c2C)cn1.O=CO. The minimum Gasteiger partial charge on any atom is -0.483 e. The van der Waals surface area contributed by atoms with Crippen LogP contribution < -0.4 is 0 Å². The lowest BCUT2D eigenvalue weighted by atomic mass is 10.2. The van der Waals surface area contributed by atoms with Crippen molar-refractivity contribution in [2.75, 3.05) is 7.05 Å². The first-order valence-electron chi connectivity index (χ1n) is 6.65. The molecule has 0 unspecified atom stereocenters. The lowest BCUT2D eigenvalue weighted by Gasteiger charge is -2.15. The van der Waals surface area contributed by atoms with E-state index >= 15 is 0 Å². The minimum atomic E-state index is -0.250. The zero-order valence-corrected chi connectivity index (χ0v) is 12.6. The fourth-order valence-corrected chi connectivity index (χ4v) is 1.84. The van der Waals surface area contributed by atoms with Gasteiger partial charge in [-0.3, -0.25) is 14.8 Å². The maximum Gasteiger partial charge on any atom is 0.290 e. The average Bonchev–Trinajstić information content (AvgIpc) is 2.86. The van der Waals surface area contributed by atoms with Crippen LogP contribution in [0, 0.1) is 6.92 Å². The quantitative estimate of drug-likeness (QED) is 0.809. The van der Waals surface area contributed by atoms with Gasteiger partial charge in [-0.2, -0.15) is 5.10 Å². The van der Waals surface area contributed by atoms with Gasteiger partial charge < -0.3 is 5.11 Å². The van der Waals surface area contributed by atoms with E-state index in [2.05, 4.69) is 39.0 Å². The van der Waals surface area contributed by atoms with E-state index in [4.69, 9.17) is 9.90 Å². The van der Waals surface area contributed by atoms with Crippen molar-refractivity contribution in [3.63, 3.8) is 0 Å². The topological polar surface area (TPSA) is 95.0 Å². The molecule has 0 aliphatic rings. The first-order chi connectivity index (χ1) is 10.1. The van der Waals surface area contributed by atoms with Crippen LogP contribution in [0.2, 0.25) is 0 Å². The van der Waals surface area contributed by atoms with E-state index in [0.29, 0.717) is 0 Å². The van der Waals surface area contributed by atoms with Crippen LogP contribution in [-0.4, -0.2) is 43.7 Å². The van der Waals surface area contributed by atoms with E-state index in [0.717, 1.165) is 36.6 Å². The zero-order valence-electron chi connectivity index (χ0n) is 12.6. The lowest BCUT2D eigenvalue weighted by Crippen LogP contribution is -2.17. The second kappa shape index (κ2) is 8.80. The summed E-state index contributed by atoms with van der Waals surface area (Å²) in [6.07, 6.45) is 6.57. The summed E-state index contributed by atoms with van der Waals surface area (Å²) in [5.41, 5.74) is 3.49. The molecule has 0 aliphatic carbocycles. The van der Waals surface area contributed by atoms with Crippen molar-refractivity contribution in [1.29, 1.82) is 0 Å². The smallest absolute Gasteiger partial charge is 0.290 e. The number of nitrogens with one attached hydrogen (secondary N) is 1. The Balaban J connectivity index is 0.000000677. The van der Waals surface area contributed by atoms with Crippen LogP contribution in [-0.2, 0) is 24.3 Å². The summed E-state index contributed by atoms with van der Waals surface area (Å²) in [6, 6.07) is 0. The molecular weight excluding hydrogens is 270 g/mol. The minimum absolute atomic E-state index is 0.250. The second-order valence-electron chi connectivity index (χ2n) is 4.66. The van der Waals surface area contributed by atoms with Gasteiger partial charge in [-0.1, -0.05) is 6.92 Å². The molecule has 0 amide bonds. The molecule has 0 aliphatic heterocycles. The van der Waals surface area contributed by atoms with E-state index in [1.165, 1.54) is 5.56 Å². The number of carbonyl (C=O) groups is 1. The van der Waals surface area contributed by atoms with E-state index in [-0.39, 0.29) is 6.47 Å². The van der Waals surface area contributed by atoms with Crippen molar-refractivity contribution < 1.29 is 9.90 Å². The molecule has 0 fully saturated rings. The third kappa shape index (κ3) is 5.70. The first-order valence-corrected chi connectivity index (χ1v) is 6.65. The van der Waals surface area contributed by atoms with Crippen molar-refractivity contribution in [3.05, 3.63) is 41.2 Å². The van der Waals surface area contributed by atoms with Crippen molar-refractivity contribution in [2.24, 2.45) is 0 Å². The van der Waals surface area contributed by atoms with Crippen molar-refractivity contribution in [2.45, 2.75) is 33.4 Å². The Morgan fingerprint density at radius 3 is 2.38 bits per heavy atom. The maximum absolute atomic E-state index is 8.36. The third-order valence-corrected chi connectivity index (χ3v) is 2.90. The maximum atomic E-state index is 8.36. The Hall–Kier alpha value is -2.28. The van der Waals surface area contributed by atoms with Crippen LogP contribution in [0.1, 0.15) is 29.6 Å². The zero-order chi connectivity index (χ0) is 15.7. The van der Waals surface area contributed by atoms with E-state index in [9.17, 15) is 0 Å². The number of aromatic nitrogens is 4. The van der Waals surface area contributed by atoms with Gasteiger partial charge in [0.1, 0.15) is 5.82 Å². The van der Waals surface area contributed by atoms with E-state index in [1.807, 2.05) is 25.5 Å². The van der Waals surface area contributed by atoms with E-state index in [1.54, 1.807) is 0 Å². The number of hydrogen-bond donors (Lipinski definition) is 2. The molecule has 2 aromatic heterocycles. The summed E-state index contributed by atoms with van der Waals surface area (Å²) in [6.45, 7) is 5.56. The van der Waals surface area contributed by atoms with Crippen LogP contribution in [0.4, 0.5) is 0 Å². The van der Waals surface area contributed by atoms with Gasteiger partial charge in [-0.05, 0) is 14.0 Å². The molecule has 0 aromatic carbocycles. The van der Waals surface area contributed by atoms with Crippen molar-refractivity contribution in [3.8, 4) is 0 Å². The van der Waals surface area contributed by atoms with E-state index < -0.39 is 0 Å². The summed E-state index contributed by atoms with van der Waals surface area (Å²) < 4.78 is 0. The molecular formula is C14H21N5O2. The summed E-state index contributed by atoms with van der Waals surface area (Å²) >= 11 is 0. The molecule has 0 saturated heterocycles. The first kappa shape index (κ1) is 16.8. The van der Waals surface area contributed by atoms with Crippen LogP contribution >= 0.6 is 0 Å². The summed E-state index contributed by atoms with van der Waals surface area (Å²) in [4.78, 5) is 19.2. The predicted octanol–water partition coefficient (Wildman–Crippen LogP) is 1.40. The highest BCUT2D eigenvalue weighted by molar-refractivity contribution is 5.32. The van der Waals surface area contributed by atoms with Gasteiger partial charge in [-0.15, -0.1) is 0 Å². The van der Waals surface area contributed by atoms with Crippen LogP contribution in [0.3, 0.4) is 0 Å². The number of carboxylic acid groups (broad SMARTS) is 1. The molecule has 7 nitrogen and oxygen atoms in total. The van der Waals surface area contributed by atoms with Gasteiger partial charge in [0.2, 0.25) is 0 Å². The van der Waals surface area contributed by atoms with Crippen LogP contribution in [0.15, 0.2) is 18.6 Å². The van der Waals surface area contributed by atoms with Gasteiger partial charge in [0.25, 0.3) is 6.47 Å².